The van der Waals surface area contributed by atoms with Crippen molar-refractivity contribution in [3.05, 3.63) is 28.2 Å². The Morgan fingerprint density at radius 2 is 2.05 bits per heavy atom. The molecule has 0 bridgehead atoms. The summed E-state index contributed by atoms with van der Waals surface area (Å²) in [6.45, 7) is 4.35. The minimum atomic E-state index is -0.504. The number of rotatable bonds is 6. The average molecular weight is 329 g/mol. The molecule has 0 fully saturated rings. The Labute approximate surface area is 122 Å². The van der Waals surface area contributed by atoms with E-state index >= 15 is 0 Å². The van der Waals surface area contributed by atoms with E-state index in [-0.39, 0.29) is 18.4 Å². The Hall–Kier alpha value is -1.07. The molecule has 1 atom stereocenters. The number of nitrogens with one attached hydrogen (secondary N) is 1. The van der Waals surface area contributed by atoms with Gasteiger partial charge in [0, 0.05) is 22.3 Å². The highest BCUT2D eigenvalue weighted by Gasteiger charge is 2.16. The maximum atomic E-state index is 11.9. The first-order valence-corrected chi connectivity index (χ1v) is 7.30. The number of anilines is 1. The topological polar surface area (TPSA) is 75.3 Å². The smallest absolute Gasteiger partial charge is 0.251 e. The summed E-state index contributed by atoms with van der Waals surface area (Å²) in [4.78, 5) is 11.9. The largest absolute Gasteiger partial charge is 0.398 e. The molecule has 0 aliphatic carbocycles. The Morgan fingerprint density at radius 3 is 2.58 bits per heavy atom. The predicted octanol–water partition coefficient (Wildman–Crippen LogP) is 2.56. The van der Waals surface area contributed by atoms with E-state index in [4.69, 9.17) is 5.73 Å². The SMILES string of the molecule is CCC(CC)C(O)CNC(=O)c1ccc(N)c(Br)c1. The summed E-state index contributed by atoms with van der Waals surface area (Å²) in [5, 5.41) is 12.7. The van der Waals surface area contributed by atoms with Gasteiger partial charge in [-0.15, -0.1) is 0 Å². The lowest BCUT2D eigenvalue weighted by molar-refractivity contribution is 0.0816. The van der Waals surface area contributed by atoms with Crippen LogP contribution in [0.3, 0.4) is 0 Å². The average Bonchev–Trinajstić information content (AvgIpc) is 2.40. The molecule has 19 heavy (non-hydrogen) atoms. The van der Waals surface area contributed by atoms with Gasteiger partial charge in [-0.05, 0) is 40.0 Å². The van der Waals surface area contributed by atoms with Crippen molar-refractivity contribution < 1.29 is 9.90 Å². The molecular weight excluding hydrogens is 308 g/mol. The number of nitrogens with two attached hydrogens (primary N) is 1. The van der Waals surface area contributed by atoms with E-state index in [2.05, 4.69) is 21.2 Å². The number of aliphatic hydroxyl groups excluding tert-OH is 1. The molecule has 0 aliphatic heterocycles. The van der Waals surface area contributed by atoms with E-state index in [9.17, 15) is 9.90 Å². The zero-order valence-corrected chi connectivity index (χ0v) is 12.9. The molecule has 0 spiro atoms. The van der Waals surface area contributed by atoms with Gasteiger partial charge in [0.15, 0.2) is 0 Å². The fourth-order valence-corrected chi connectivity index (χ4v) is 2.35. The van der Waals surface area contributed by atoms with Crippen molar-refractivity contribution in [3.63, 3.8) is 0 Å². The highest BCUT2D eigenvalue weighted by atomic mass is 79.9. The van der Waals surface area contributed by atoms with Gasteiger partial charge in [-0.2, -0.15) is 0 Å². The molecule has 106 valence electrons. The van der Waals surface area contributed by atoms with Gasteiger partial charge in [0.05, 0.1) is 6.10 Å². The van der Waals surface area contributed by atoms with Crippen LogP contribution in [0.4, 0.5) is 5.69 Å². The van der Waals surface area contributed by atoms with E-state index in [1.54, 1.807) is 18.2 Å². The number of halogens is 1. The van der Waals surface area contributed by atoms with Crippen LogP contribution in [0.5, 0.6) is 0 Å². The molecule has 4 nitrogen and oxygen atoms in total. The van der Waals surface area contributed by atoms with E-state index in [0.717, 1.165) is 12.8 Å². The quantitative estimate of drug-likeness (QED) is 0.702. The second kappa shape index (κ2) is 7.50. The Balaban J connectivity index is 2.58. The molecule has 0 heterocycles. The van der Waals surface area contributed by atoms with Crippen molar-refractivity contribution in [1.29, 1.82) is 0 Å². The molecule has 4 N–H and O–H groups in total. The summed E-state index contributed by atoms with van der Waals surface area (Å²) >= 11 is 3.29. The predicted molar refractivity (Wildman–Crippen MR) is 81.0 cm³/mol. The fraction of sp³-hybridized carbons (Fsp3) is 0.500. The number of carbonyl (C=O) groups excluding carboxylic acids is 1. The third-order valence-electron chi connectivity index (χ3n) is 3.33. The second-order valence-corrected chi connectivity index (χ2v) is 5.44. The lowest BCUT2D eigenvalue weighted by Crippen LogP contribution is -2.36. The van der Waals surface area contributed by atoms with Crippen LogP contribution >= 0.6 is 15.9 Å². The van der Waals surface area contributed by atoms with Crippen molar-refractivity contribution in [1.82, 2.24) is 5.32 Å². The van der Waals surface area contributed by atoms with Crippen LogP contribution in [-0.4, -0.2) is 23.7 Å². The van der Waals surface area contributed by atoms with Crippen LogP contribution in [0.2, 0.25) is 0 Å². The molecule has 0 radical (unpaired) electrons. The van der Waals surface area contributed by atoms with Crippen LogP contribution in [0.25, 0.3) is 0 Å². The van der Waals surface area contributed by atoms with Crippen molar-refractivity contribution in [2.45, 2.75) is 32.8 Å². The lowest BCUT2D eigenvalue weighted by atomic mass is 9.96. The van der Waals surface area contributed by atoms with Crippen molar-refractivity contribution >= 4 is 27.5 Å². The minimum Gasteiger partial charge on any atom is -0.398 e. The molecule has 1 aromatic carbocycles. The highest BCUT2D eigenvalue weighted by Crippen LogP contribution is 2.20. The summed E-state index contributed by atoms with van der Waals surface area (Å²) in [6.07, 6.45) is 1.30. The highest BCUT2D eigenvalue weighted by molar-refractivity contribution is 9.10. The number of hydrogen-bond donors (Lipinski definition) is 3. The zero-order valence-electron chi connectivity index (χ0n) is 11.3. The van der Waals surface area contributed by atoms with Crippen molar-refractivity contribution in [2.24, 2.45) is 5.92 Å². The molecule has 1 rings (SSSR count). The van der Waals surface area contributed by atoms with Crippen LogP contribution in [-0.2, 0) is 0 Å². The molecule has 0 aromatic heterocycles. The first-order valence-electron chi connectivity index (χ1n) is 6.50. The molecular formula is C14H21BrN2O2. The first-order chi connectivity index (χ1) is 8.99. The third kappa shape index (κ3) is 4.51. The van der Waals surface area contributed by atoms with Crippen LogP contribution in [0.15, 0.2) is 22.7 Å². The summed E-state index contributed by atoms with van der Waals surface area (Å²) < 4.78 is 0.695. The van der Waals surface area contributed by atoms with Gasteiger partial charge in [-0.25, -0.2) is 0 Å². The van der Waals surface area contributed by atoms with Gasteiger partial charge in [-0.1, -0.05) is 26.7 Å². The fourth-order valence-electron chi connectivity index (χ4n) is 1.97. The van der Waals surface area contributed by atoms with Gasteiger partial charge >= 0.3 is 0 Å². The molecule has 0 saturated carbocycles. The third-order valence-corrected chi connectivity index (χ3v) is 4.01. The molecule has 0 saturated heterocycles. The van der Waals surface area contributed by atoms with Gasteiger partial charge in [0.25, 0.3) is 5.91 Å². The number of nitrogen functional groups attached to an aromatic ring is 1. The van der Waals surface area contributed by atoms with Gasteiger partial charge in [0.1, 0.15) is 0 Å². The Bertz CT molecular complexity index is 433. The van der Waals surface area contributed by atoms with E-state index in [1.165, 1.54) is 0 Å². The Kier molecular flexibility index (Phi) is 6.31. The number of hydrogen-bond acceptors (Lipinski definition) is 3. The van der Waals surface area contributed by atoms with Crippen molar-refractivity contribution in [2.75, 3.05) is 12.3 Å². The molecule has 5 heteroatoms. The Morgan fingerprint density at radius 1 is 1.42 bits per heavy atom. The van der Waals surface area contributed by atoms with Crippen molar-refractivity contribution in [3.8, 4) is 0 Å². The minimum absolute atomic E-state index is 0.203. The number of carbonyl (C=O) groups is 1. The summed E-state index contributed by atoms with van der Waals surface area (Å²) in [5.41, 5.74) is 6.79. The standard InChI is InChI=1S/C14H21BrN2O2/c1-3-9(4-2)13(18)8-17-14(19)10-5-6-12(16)11(15)7-10/h5-7,9,13,18H,3-4,8,16H2,1-2H3,(H,17,19). The van der Waals surface area contributed by atoms with Crippen LogP contribution in [0.1, 0.15) is 37.0 Å². The van der Waals surface area contributed by atoms with E-state index < -0.39 is 6.10 Å². The van der Waals surface area contributed by atoms with E-state index in [1.807, 2.05) is 13.8 Å². The lowest BCUT2D eigenvalue weighted by Gasteiger charge is -2.20. The molecule has 1 amide bonds. The molecule has 1 aromatic rings. The molecule has 1 unspecified atom stereocenters. The monoisotopic (exact) mass is 328 g/mol. The van der Waals surface area contributed by atoms with Gasteiger partial charge in [0.2, 0.25) is 0 Å². The van der Waals surface area contributed by atoms with Crippen LogP contribution < -0.4 is 11.1 Å². The number of benzene rings is 1. The number of amides is 1. The summed E-state index contributed by atoms with van der Waals surface area (Å²) in [5.74, 6) is 0.0177. The van der Waals surface area contributed by atoms with Gasteiger partial charge < -0.3 is 16.2 Å². The normalized spacial score (nSPS) is 12.5. The van der Waals surface area contributed by atoms with Gasteiger partial charge in [-0.3, -0.25) is 4.79 Å². The second-order valence-electron chi connectivity index (χ2n) is 4.59. The summed E-state index contributed by atoms with van der Waals surface area (Å²) in [6, 6.07) is 5.02. The van der Waals surface area contributed by atoms with E-state index in [0.29, 0.717) is 15.7 Å². The van der Waals surface area contributed by atoms with Crippen LogP contribution in [0, 0.1) is 5.92 Å². The zero-order chi connectivity index (χ0) is 14.4. The first kappa shape index (κ1) is 16.0. The summed E-state index contributed by atoms with van der Waals surface area (Å²) in [7, 11) is 0. The maximum absolute atomic E-state index is 11.9. The maximum Gasteiger partial charge on any atom is 0.251 e. The molecule has 0 aliphatic rings. The number of aliphatic hydroxyl groups is 1.